The van der Waals surface area contributed by atoms with Crippen LogP contribution in [0.2, 0.25) is 0 Å². The van der Waals surface area contributed by atoms with Crippen LogP contribution >= 0.6 is 12.6 Å². The summed E-state index contributed by atoms with van der Waals surface area (Å²) in [4.78, 5) is 5.12. The molecule has 0 unspecified atom stereocenters. The third-order valence-corrected chi connectivity index (χ3v) is 4.51. The Bertz CT molecular complexity index is 193. The number of rotatable bonds is 12. The maximum Gasteiger partial charge on any atom is 0.0109 e. The second-order valence-corrected chi connectivity index (χ2v) is 6.50. The van der Waals surface area contributed by atoms with Crippen molar-refractivity contribution in [1.29, 1.82) is 0 Å². The van der Waals surface area contributed by atoms with Gasteiger partial charge in [0, 0.05) is 13.1 Å². The summed E-state index contributed by atoms with van der Waals surface area (Å²) >= 11 is 4.24. The van der Waals surface area contributed by atoms with E-state index in [2.05, 4.69) is 29.5 Å². The van der Waals surface area contributed by atoms with Gasteiger partial charge in [-0.1, -0.05) is 32.1 Å². The number of nitrogens with zero attached hydrogens (tertiary/aromatic N) is 2. The molecule has 0 N–H and O–H groups in total. The first-order valence-corrected chi connectivity index (χ1v) is 8.98. The van der Waals surface area contributed by atoms with E-state index in [1.807, 2.05) is 0 Å². The number of likely N-dealkylation sites (N-methyl/N-ethyl adjacent to an activating group) is 1. The summed E-state index contributed by atoms with van der Waals surface area (Å²) in [5, 5.41) is 0. The van der Waals surface area contributed by atoms with Crippen LogP contribution in [-0.4, -0.2) is 55.3 Å². The van der Waals surface area contributed by atoms with Crippen LogP contribution in [0.5, 0.6) is 0 Å². The molecule has 1 saturated heterocycles. The Hall–Kier alpha value is 0.270. The lowest BCUT2D eigenvalue weighted by molar-refractivity contribution is 0.253. The topological polar surface area (TPSA) is 6.48 Å². The van der Waals surface area contributed by atoms with Crippen molar-refractivity contribution in [3.63, 3.8) is 0 Å². The fourth-order valence-corrected chi connectivity index (χ4v) is 3.03. The van der Waals surface area contributed by atoms with Gasteiger partial charge >= 0.3 is 0 Å². The summed E-state index contributed by atoms with van der Waals surface area (Å²) < 4.78 is 0. The Morgan fingerprint density at radius 1 is 0.842 bits per heavy atom. The molecule has 0 aliphatic carbocycles. The van der Waals surface area contributed by atoms with Crippen LogP contribution in [0.1, 0.15) is 57.8 Å². The van der Waals surface area contributed by atoms with E-state index in [9.17, 15) is 0 Å². The number of hydrogen-bond acceptors (Lipinski definition) is 3. The molecule has 1 aliphatic rings. The average molecular weight is 287 g/mol. The largest absolute Gasteiger partial charge is 0.305 e. The standard InChI is InChI=1S/C16H34N2S/c1-17(14-15-18-12-8-9-13-18)11-7-5-3-2-4-6-10-16-19/h19H,2-16H2,1H3. The van der Waals surface area contributed by atoms with Crippen molar-refractivity contribution >= 4 is 12.6 Å². The zero-order chi connectivity index (χ0) is 13.8. The first-order valence-electron chi connectivity index (χ1n) is 8.34. The van der Waals surface area contributed by atoms with Crippen molar-refractivity contribution in [1.82, 2.24) is 9.80 Å². The fraction of sp³-hybridized carbons (Fsp3) is 1.00. The molecular weight excluding hydrogens is 252 g/mol. The molecule has 0 spiro atoms. The monoisotopic (exact) mass is 286 g/mol. The predicted octanol–water partition coefficient (Wildman–Crippen LogP) is 3.67. The molecule has 0 radical (unpaired) electrons. The summed E-state index contributed by atoms with van der Waals surface area (Å²) in [6.07, 6.45) is 12.5. The molecule has 1 fully saturated rings. The van der Waals surface area contributed by atoms with Gasteiger partial charge < -0.3 is 9.80 Å². The Morgan fingerprint density at radius 2 is 1.42 bits per heavy atom. The van der Waals surface area contributed by atoms with Crippen molar-refractivity contribution in [3.05, 3.63) is 0 Å². The normalized spacial score (nSPS) is 16.6. The molecule has 2 nitrogen and oxygen atoms in total. The lowest BCUT2D eigenvalue weighted by Crippen LogP contribution is -2.31. The fourth-order valence-electron chi connectivity index (χ4n) is 2.81. The van der Waals surface area contributed by atoms with Gasteiger partial charge in [-0.3, -0.25) is 0 Å². The summed E-state index contributed by atoms with van der Waals surface area (Å²) in [5.74, 6) is 1.06. The highest BCUT2D eigenvalue weighted by atomic mass is 32.1. The third-order valence-electron chi connectivity index (χ3n) is 4.19. The van der Waals surface area contributed by atoms with E-state index in [1.54, 1.807) is 0 Å². The van der Waals surface area contributed by atoms with E-state index in [0.717, 1.165) is 5.75 Å². The molecular formula is C16H34N2S. The van der Waals surface area contributed by atoms with Crippen LogP contribution in [0, 0.1) is 0 Å². The molecule has 19 heavy (non-hydrogen) atoms. The Morgan fingerprint density at radius 3 is 2.05 bits per heavy atom. The minimum Gasteiger partial charge on any atom is -0.305 e. The highest BCUT2D eigenvalue weighted by Crippen LogP contribution is 2.09. The average Bonchev–Trinajstić information content (AvgIpc) is 2.93. The smallest absolute Gasteiger partial charge is 0.0109 e. The second kappa shape index (κ2) is 12.0. The molecule has 1 rings (SSSR count). The van der Waals surface area contributed by atoms with E-state index < -0.39 is 0 Å². The summed E-state index contributed by atoms with van der Waals surface area (Å²) in [6.45, 7) is 6.48. The minimum atomic E-state index is 1.06. The lowest BCUT2D eigenvalue weighted by atomic mass is 10.1. The van der Waals surface area contributed by atoms with Gasteiger partial charge in [0.05, 0.1) is 0 Å². The third kappa shape index (κ3) is 9.75. The Kier molecular flexibility index (Phi) is 11.0. The highest BCUT2D eigenvalue weighted by molar-refractivity contribution is 7.80. The molecule has 0 aromatic heterocycles. The van der Waals surface area contributed by atoms with Gasteiger partial charge in [0.15, 0.2) is 0 Å². The summed E-state index contributed by atoms with van der Waals surface area (Å²) in [5.41, 5.74) is 0. The van der Waals surface area contributed by atoms with E-state index in [4.69, 9.17) is 0 Å². The maximum atomic E-state index is 4.24. The van der Waals surface area contributed by atoms with E-state index in [1.165, 1.54) is 90.5 Å². The van der Waals surface area contributed by atoms with Crippen molar-refractivity contribution in [2.45, 2.75) is 57.8 Å². The van der Waals surface area contributed by atoms with Gasteiger partial charge in [0.25, 0.3) is 0 Å². The van der Waals surface area contributed by atoms with Crippen LogP contribution in [0.3, 0.4) is 0 Å². The van der Waals surface area contributed by atoms with Crippen LogP contribution in [0.4, 0.5) is 0 Å². The van der Waals surface area contributed by atoms with E-state index in [0.29, 0.717) is 0 Å². The molecule has 0 aromatic rings. The zero-order valence-electron chi connectivity index (χ0n) is 12.9. The molecule has 3 heteroatoms. The first kappa shape index (κ1) is 17.3. The minimum absolute atomic E-state index is 1.06. The van der Waals surface area contributed by atoms with Crippen molar-refractivity contribution in [2.24, 2.45) is 0 Å². The van der Waals surface area contributed by atoms with E-state index in [-0.39, 0.29) is 0 Å². The first-order chi connectivity index (χ1) is 9.33. The molecule has 1 aliphatic heterocycles. The molecule has 114 valence electrons. The predicted molar refractivity (Wildman–Crippen MR) is 89.3 cm³/mol. The quantitative estimate of drug-likeness (QED) is 0.432. The van der Waals surface area contributed by atoms with Gasteiger partial charge in [-0.2, -0.15) is 12.6 Å². The van der Waals surface area contributed by atoms with Gasteiger partial charge in [0.1, 0.15) is 0 Å². The maximum absolute atomic E-state index is 4.24. The van der Waals surface area contributed by atoms with Gasteiger partial charge in [-0.25, -0.2) is 0 Å². The van der Waals surface area contributed by atoms with Gasteiger partial charge in [0.2, 0.25) is 0 Å². The van der Waals surface area contributed by atoms with Crippen LogP contribution in [0.25, 0.3) is 0 Å². The van der Waals surface area contributed by atoms with E-state index >= 15 is 0 Å². The van der Waals surface area contributed by atoms with Gasteiger partial charge in [-0.15, -0.1) is 0 Å². The second-order valence-electron chi connectivity index (χ2n) is 6.05. The number of unbranched alkanes of at least 4 members (excludes halogenated alkanes) is 6. The zero-order valence-corrected chi connectivity index (χ0v) is 13.8. The Labute approximate surface area is 126 Å². The number of likely N-dealkylation sites (tertiary alicyclic amines) is 1. The summed E-state index contributed by atoms with van der Waals surface area (Å²) in [7, 11) is 2.28. The molecule has 0 amide bonds. The van der Waals surface area contributed by atoms with Crippen molar-refractivity contribution in [3.8, 4) is 0 Å². The molecule has 0 aromatic carbocycles. The Balaban J connectivity index is 1.80. The highest BCUT2D eigenvalue weighted by Gasteiger charge is 2.11. The summed E-state index contributed by atoms with van der Waals surface area (Å²) in [6, 6.07) is 0. The van der Waals surface area contributed by atoms with Gasteiger partial charge in [-0.05, 0) is 58.1 Å². The van der Waals surface area contributed by atoms with Crippen molar-refractivity contribution in [2.75, 3.05) is 45.5 Å². The lowest BCUT2D eigenvalue weighted by Gasteiger charge is -2.21. The van der Waals surface area contributed by atoms with Crippen LogP contribution in [0.15, 0.2) is 0 Å². The number of thiol groups is 1. The van der Waals surface area contributed by atoms with Crippen LogP contribution in [-0.2, 0) is 0 Å². The van der Waals surface area contributed by atoms with Crippen LogP contribution < -0.4 is 0 Å². The van der Waals surface area contributed by atoms with Crippen molar-refractivity contribution < 1.29 is 0 Å². The molecule has 0 atom stereocenters. The SMILES string of the molecule is CN(CCCCCCCCCS)CCN1CCCC1. The molecule has 0 bridgehead atoms. The number of hydrogen-bond donors (Lipinski definition) is 1. The molecule has 1 heterocycles. The molecule has 0 saturated carbocycles.